The molecule has 0 aliphatic rings. The first-order valence-electron chi connectivity index (χ1n) is 9.36. The third-order valence-corrected chi connectivity index (χ3v) is 4.13. The quantitative estimate of drug-likeness (QED) is 0.190. The standard InChI is InChI=1S/C21H32O3/c1-2-3-4-5-6-7-8-9-10-11-18-24-20-14-12-19(13-15-20)21(23)16-17-22/h12-17,22H,2-11,18H2,1H3/b17-16-. The van der Waals surface area contributed by atoms with Crippen LogP contribution in [-0.2, 0) is 0 Å². The van der Waals surface area contributed by atoms with Crippen LogP contribution in [0.15, 0.2) is 36.6 Å². The normalized spacial score (nSPS) is 11.0. The van der Waals surface area contributed by atoms with Crippen molar-refractivity contribution in [2.24, 2.45) is 0 Å². The van der Waals surface area contributed by atoms with Gasteiger partial charge in [-0.25, -0.2) is 0 Å². The lowest BCUT2D eigenvalue weighted by atomic mass is 10.1. The number of ketones is 1. The first-order valence-corrected chi connectivity index (χ1v) is 9.36. The van der Waals surface area contributed by atoms with E-state index in [9.17, 15) is 4.79 Å². The highest BCUT2D eigenvalue weighted by Gasteiger charge is 2.02. The van der Waals surface area contributed by atoms with E-state index in [1.807, 2.05) is 0 Å². The Morgan fingerprint density at radius 1 is 0.917 bits per heavy atom. The van der Waals surface area contributed by atoms with Gasteiger partial charge in [-0.1, -0.05) is 64.7 Å². The van der Waals surface area contributed by atoms with Gasteiger partial charge in [-0.15, -0.1) is 0 Å². The monoisotopic (exact) mass is 332 g/mol. The third kappa shape index (κ3) is 9.39. The highest BCUT2D eigenvalue weighted by atomic mass is 16.5. The molecule has 1 aromatic carbocycles. The van der Waals surface area contributed by atoms with Gasteiger partial charge in [0.25, 0.3) is 0 Å². The molecule has 0 heterocycles. The van der Waals surface area contributed by atoms with Gasteiger partial charge in [0.2, 0.25) is 0 Å². The zero-order chi connectivity index (χ0) is 17.5. The van der Waals surface area contributed by atoms with Gasteiger partial charge < -0.3 is 9.84 Å². The van der Waals surface area contributed by atoms with Crippen LogP contribution >= 0.6 is 0 Å². The summed E-state index contributed by atoms with van der Waals surface area (Å²) in [5.74, 6) is 0.578. The van der Waals surface area contributed by atoms with Crippen LogP contribution in [0.2, 0.25) is 0 Å². The Morgan fingerprint density at radius 2 is 1.46 bits per heavy atom. The van der Waals surface area contributed by atoms with Crippen molar-refractivity contribution < 1.29 is 14.6 Å². The summed E-state index contributed by atoms with van der Waals surface area (Å²) >= 11 is 0. The third-order valence-electron chi connectivity index (χ3n) is 4.13. The number of aliphatic hydroxyl groups is 1. The second-order valence-corrected chi connectivity index (χ2v) is 6.23. The predicted octanol–water partition coefficient (Wildman–Crippen LogP) is 6.24. The van der Waals surface area contributed by atoms with E-state index >= 15 is 0 Å². The molecule has 3 nitrogen and oxygen atoms in total. The molecule has 1 rings (SSSR count). The molecule has 0 aliphatic heterocycles. The molecule has 1 N–H and O–H groups in total. The number of hydrogen-bond donors (Lipinski definition) is 1. The van der Waals surface area contributed by atoms with Crippen LogP contribution in [0.25, 0.3) is 0 Å². The number of carbonyl (C=O) groups excluding carboxylic acids is 1. The SMILES string of the molecule is CCCCCCCCCCCCOc1ccc(C(=O)/C=C\O)cc1. The van der Waals surface area contributed by atoms with Crippen LogP contribution in [0.1, 0.15) is 81.5 Å². The molecule has 0 atom stereocenters. The largest absolute Gasteiger partial charge is 0.515 e. The smallest absolute Gasteiger partial charge is 0.188 e. The molecule has 0 saturated heterocycles. The summed E-state index contributed by atoms with van der Waals surface area (Å²) in [4.78, 5) is 11.5. The second kappa shape index (κ2) is 13.6. The van der Waals surface area contributed by atoms with Crippen LogP contribution < -0.4 is 4.74 Å². The topological polar surface area (TPSA) is 46.5 Å². The number of unbranched alkanes of at least 4 members (excludes halogenated alkanes) is 9. The Hall–Kier alpha value is -1.77. The van der Waals surface area contributed by atoms with Gasteiger partial charge in [0.15, 0.2) is 5.78 Å². The van der Waals surface area contributed by atoms with Gasteiger partial charge >= 0.3 is 0 Å². The summed E-state index contributed by atoms with van der Waals surface area (Å²) in [6, 6.07) is 7.04. The number of carbonyl (C=O) groups is 1. The Kier molecular flexibility index (Phi) is 11.5. The van der Waals surface area contributed by atoms with Crippen molar-refractivity contribution in [2.45, 2.75) is 71.1 Å². The van der Waals surface area contributed by atoms with Crippen LogP contribution in [0.4, 0.5) is 0 Å². The van der Waals surface area contributed by atoms with Crippen molar-refractivity contribution in [3.8, 4) is 5.75 Å². The molecule has 24 heavy (non-hydrogen) atoms. The van der Waals surface area contributed by atoms with Gasteiger partial charge in [0.05, 0.1) is 12.9 Å². The molecule has 0 radical (unpaired) electrons. The fourth-order valence-electron chi connectivity index (χ4n) is 2.66. The fraction of sp³-hybridized carbons (Fsp3) is 0.571. The average Bonchev–Trinajstić information content (AvgIpc) is 2.60. The minimum Gasteiger partial charge on any atom is -0.515 e. The van der Waals surface area contributed by atoms with Crippen molar-refractivity contribution in [3.63, 3.8) is 0 Å². The summed E-state index contributed by atoms with van der Waals surface area (Å²) < 4.78 is 5.69. The second-order valence-electron chi connectivity index (χ2n) is 6.23. The Morgan fingerprint density at radius 3 is 2.00 bits per heavy atom. The van der Waals surface area contributed by atoms with Gasteiger partial charge in [-0.05, 0) is 30.7 Å². The highest BCUT2D eigenvalue weighted by Crippen LogP contribution is 2.14. The zero-order valence-electron chi connectivity index (χ0n) is 15.0. The maximum absolute atomic E-state index is 11.5. The van der Waals surface area contributed by atoms with Crippen LogP contribution in [0.5, 0.6) is 5.75 Å². The first kappa shape index (κ1) is 20.3. The summed E-state index contributed by atoms with van der Waals surface area (Å²) in [5, 5.41) is 8.60. The van der Waals surface area contributed by atoms with Crippen LogP contribution in [0, 0.1) is 0 Å². The van der Waals surface area contributed by atoms with Crippen molar-refractivity contribution in [1.82, 2.24) is 0 Å². The molecule has 0 aromatic heterocycles. The van der Waals surface area contributed by atoms with E-state index in [1.165, 1.54) is 57.8 Å². The summed E-state index contributed by atoms with van der Waals surface area (Å²) in [6.07, 6.45) is 15.0. The molecule has 134 valence electrons. The van der Waals surface area contributed by atoms with Crippen LogP contribution in [-0.4, -0.2) is 17.5 Å². The number of allylic oxidation sites excluding steroid dienone is 1. The van der Waals surface area contributed by atoms with E-state index in [-0.39, 0.29) is 5.78 Å². The molecule has 3 heteroatoms. The van der Waals surface area contributed by atoms with E-state index in [0.29, 0.717) is 5.56 Å². The van der Waals surface area contributed by atoms with E-state index in [2.05, 4.69) is 6.92 Å². The van der Waals surface area contributed by atoms with E-state index < -0.39 is 0 Å². The number of rotatable bonds is 14. The summed E-state index contributed by atoms with van der Waals surface area (Å²) in [6.45, 7) is 2.98. The van der Waals surface area contributed by atoms with Gasteiger partial charge in [-0.3, -0.25) is 4.79 Å². The zero-order valence-corrected chi connectivity index (χ0v) is 15.0. The number of hydrogen-bond acceptors (Lipinski definition) is 3. The number of benzene rings is 1. The van der Waals surface area contributed by atoms with Crippen molar-refractivity contribution >= 4 is 5.78 Å². The van der Waals surface area contributed by atoms with Crippen molar-refractivity contribution in [3.05, 3.63) is 42.2 Å². The molecular formula is C21H32O3. The highest BCUT2D eigenvalue weighted by molar-refractivity contribution is 6.04. The van der Waals surface area contributed by atoms with Gasteiger partial charge in [0.1, 0.15) is 5.75 Å². The lowest BCUT2D eigenvalue weighted by molar-refractivity contribution is 0.104. The summed E-state index contributed by atoms with van der Waals surface area (Å²) in [5.41, 5.74) is 0.548. The molecule has 0 bridgehead atoms. The maximum Gasteiger partial charge on any atom is 0.188 e. The van der Waals surface area contributed by atoms with E-state index in [4.69, 9.17) is 9.84 Å². The Bertz CT molecular complexity index is 462. The Balaban J connectivity index is 2.02. The molecule has 0 unspecified atom stereocenters. The lowest BCUT2D eigenvalue weighted by Crippen LogP contribution is -1.98. The minimum absolute atomic E-state index is 0.209. The van der Waals surface area contributed by atoms with Gasteiger partial charge in [-0.2, -0.15) is 0 Å². The molecule has 0 amide bonds. The number of ether oxygens (including phenoxy) is 1. The Labute approximate surface area is 146 Å². The fourth-order valence-corrected chi connectivity index (χ4v) is 2.66. The molecular weight excluding hydrogens is 300 g/mol. The molecule has 0 spiro atoms. The lowest BCUT2D eigenvalue weighted by Gasteiger charge is -2.07. The minimum atomic E-state index is -0.209. The maximum atomic E-state index is 11.5. The van der Waals surface area contributed by atoms with E-state index in [0.717, 1.165) is 31.1 Å². The molecule has 0 aliphatic carbocycles. The summed E-state index contributed by atoms with van der Waals surface area (Å²) in [7, 11) is 0. The first-order chi connectivity index (χ1) is 11.8. The van der Waals surface area contributed by atoms with Crippen molar-refractivity contribution in [2.75, 3.05) is 6.61 Å². The molecule has 1 aromatic rings. The number of aliphatic hydroxyl groups excluding tert-OH is 1. The van der Waals surface area contributed by atoms with Gasteiger partial charge in [0, 0.05) is 11.6 Å². The molecule has 0 fully saturated rings. The van der Waals surface area contributed by atoms with Crippen LogP contribution in [0.3, 0.4) is 0 Å². The van der Waals surface area contributed by atoms with E-state index in [1.54, 1.807) is 24.3 Å². The van der Waals surface area contributed by atoms with Crippen molar-refractivity contribution in [1.29, 1.82) is 0 Å². The molecule has 0 saturated carbocycles. The average molecular weight is 332 g/mol. The predicted molar refractivity (Wildman–Crippen MR) is 99.9 cm³/mol.